The number of carbonyl (C=O) groups excluding carboxylic acids is 1. The van der Waals surface area contributed by atoms with Gasteiger partial charge in [0.15, 0.2) is 0 Å². The predicted molar refractivity (Wildman–Crippen MR) is 60.2 cm³/mol. The highest BCUT2D eigenvalue weighted by molar-refractivity contribution is 14.1. The number of hydrogen-bond donors (Lipinski definition) is 0. The maximum Gasteiger partial charge on any atom is 0.340 e. The van der Waals surface area contributed by atoms with Crippen molar-refractivity contribution in [3.05, 3.63) is 32.4 Å². The first-order chi connectivity index (χ1) is 7.52. The maximum atomic E-state index is 12.6. The Hall–Kier alpha value is -1.23. The number of rotatable bonds is 2. The van der Waals surface area contributed by atoms with Crippen LogP contribution in [0.1, 0.15) is 27.9 Å². The van der Waals surface area contributed by atoms with E-state index in [1.54, 1.807) is 28.7 Å². The lowest BCUT2D eigenvalue weighted by atomic mass is 10.0. The molecule has 16 heavy (non-hydrogen) atoms. The van der Waals surface area contributed by atoms with Gasteiger partial charge in [-0.2, -0.15) is 5.26 Å². The first-order valence-electron chi connectivity index (χ1n) is 4.11. The fraction of sp³-hybridized carbons (Fsp3) is 0.200. The average molecular weight is 337 g/mol. The van der Waals surface area contributed by atoms with E-state index in [1.165, 1.54) is 6.07 Å². The van der Waals surface area contributed by atoms with Crippen LogP contribution in [-0.2, 0) is 4.74 Å². The Morgan fingerprint density at radius 3 is 2.62 bits per heavy atom. The number of methoxy groups -OCH3 is 1. The van der Waals surface area contributed by atoms with E-state index in [-0.39, 0.29) is 11.1 Å². The maximum absolute atomic E-state index is 12.6. The number of ether oxygens (including phenoxy) is 1. The minimum atomic E-state index is -2.80. The van der Waals surface area contributed by atoms with Crippen molar-refractivity contribution in [2.75, 3.05) is 7.11 Å². The number of halogens is 3. The van der Waals surface area contributed by atoms with Gasteiger partial charge in [-0.05, 0) is 28.7 Å². The lowest BCUT2D eigenvalue weighted by Gasteiger charge is -2.09. The summed E-state index contributed by atoms with van der Waals surface area (Å²) in [6.45, 7) is 0. The normalized spacial score (nSPS) is 10.0. The van der Waals surface area contributed by atoms with Crippen LogP contribution in [0.2, 0.25) is 0 Å². The summed E-state index contributed by atoms with van der Waals surface area (Å²) < 4.78 is 30.0. The number of benzene rings is 1. The SMILES string of the molecule is COC(=O)c1c(I)ccc(C(F)F)c1C#N. The summed E-state index contributed by atoms with van der Waals surface area (Å²) in [6, 6.07) is 4.11. The van der Waals surface area contributed by atoms with E-state index in [4.69, 9.17) is 5.26 Å². The first-order valence-corrected chi connectivity index (χ1v) is 5.19. The zero-order valence-electron chi connectivity index (χ0n) is 8.13. The molecule has 0 aromatic heterocycles. The smallest absolute Gasteiger partial charge is 0.340 e. The van der Waals surface area contributed by atoms with E-state index < -0.39 is 18.0 Å². The molecule has 0 unspecified atom stereocenters. The van der Waals surface area contributed by atoms with Crippen molar-refractivity contribution in [2.24, 2.45) is 0 Å². The monoisotopic (exact) mass is 337 g/mol. The molecule has 1 aromatic rings. The van der Waals surface area contributed by atoms with E-state index >= 15 is 0 Å². The van der Waals surface area contributed by atoms with Crippen LogP contribution in [-0.4, -0.2) is 13.1 Å². The number of esters is 1. The van der Waals surface area contributed by atoms with E-state index in [1.807, 2.05) is 0 Å². The molecule has 0 saturated heterocycles. The molecule has 6 heteroatoms. The molecule has 0 bridgehead atoms. The third-order valence-corrected chi connectivity index (χ3v) is 2.82. The van der Waals surface area contributed by atoms with Crippen LogP contribution >= 0.6 is 22.6 Å². The van der Waals surface area contributed by atoms with Gasteiger partial charge < -0.3 is 4.74 Å². The third kappa shape index (κ3) is 2.29. The molecular weight excluding hydrogens is 331 g/mol. The molecule has 0 heterocycles. The van der Waals surface area contributed by atoms with E-state index in [9.17, 15) is 13.6 Å². The minimum absolute atomic E-state index is 0.108. The van der Waals surface area contributed by atoms with Crippen LogP contribution in [0.4, 0.5) is 8.78 Å². The van der Waals surface area contributed by atoms with Crippen molar-refractivity contribution in [3.63, 3.8) is 0 Å². The average Bonchev–Trinajstić information content (AvgIpc) is 2.26. The molecule has 84 valence electrons. The van der Waals surface area contributed by atoms with E-state index in [0.29, 0.717) is 3.57 Å². The van der Waals surface area contributed by atoms with E-state index in [0.717, 1.165) is 13.2 Å². The summed E-state index contributed by atoms with van der Waals surface area (Å²) in [4.78, 5) is 11.4. The number of nitrogens with zero attached hydrogens (tertiary/aromatic N) is 1. The van der Waals surface area contributed by atoms with Crippen molar-refractivity contribution in [3.8, 4) is 6.07 Å². The zero-order valence-corrected chi connectivity index (χ0v) is 10.3. The van der Waals surface area contributed by atoms with Gasteiger partial charge in [0.05, 0.1) is 18.2 Å². The Kier molecular flexibility index (Phi) is 4.18. The Morgan fingerprint density at radius 2 is 2.19 bits per heavy atom. The molecule has 0 aliphatic carbocycles. The summed E-state index contributed by atoms with van der Waals surface area (Å²) in [6.07, 6.45) is -2.80. The van der Waals surface area contributed by atoms with Gasteiger partial charge in [0.25, 0.3) is 6.43 Å². The number of alkyl halides is 2. The van der Waals surface area contributed by atoms with Crippen molar-refractivity contribution in [1.82, 2.24) is 0 Å². The Morgan fingerprint density at radius 1 is 1.56 bits per heavy atom. The molecule has 0 N–H and O–H groups in total. The molecule has 0 aliphatic heterocycles. The van der Waals surface area contributed by atoms with Gasteiger partial charge in [0, 0.05) is 9.13 Å². The second-order valence-corrected chi connectivity index (χ2v) is 3.95. The van der Waals surface area contributed by atoms with Crippen molar-refractivity contribution >= 4 is 28.6 Å². The number of nitriles is 1. The second kappa shape index (κ2) is 5.21. The third-order valence-electron chi connectivity index (χ3n) is 1.92. The topological polar surface area (TPSA) is 50.1 Å². The van der Waals surface area contributed by atoms with Gasteiger partial charge in [-0.25, -0.2) is 13.6 Å². The molecule has 1 rings (SSSR count). The molecule has 0 saturated carbocycles. The van der Waals surface area contributed by atoms with Crippen LogP contribution in [0.25, 0.3) is 0 Å². The quantitative estimate of drug-likeness (QED) is 0.616. The highest BCUT2D eigenvalue weighted by Gasteiger charge is 2.23. The van der Waals surface area contributed by atoms with Gasteiger partial charge in [-0.1, -0.05) is 6.07 Å². The van der Waals surface area contributed by atoms with Crippen LogP contribution < -0.4 is 0 Å². The molecule has 0 radical (unpaired) electrons. The second-order valence-electron chi connectivity index (χ2n) is 2.79. The van der Waals surface area contributed by atoms with Crippen LogP contribution in [0.3, 0.4) is 0 Å². The first kappa shape index (κ1) is 12.8. The minimum Gasteiger partial charge on any atom is -0.465 e. The summed E-state index contributed by atoms with van der Waals surface area (Å²) in [7, 11) is 1.13. The molecule has 0 amide bonds. The largest absolute Gasteiger partial charge is 0.465 e. The Balaban J connectivity index is 3.52. The van der Waals surface area contributed by atoms with Crippen molar-refractivity contribution in [2.45, 2.75) is 6.43 Å². The van der Waals surface area contributed by atoms with E-state index in [2.05, 4.69) is 4.74 Å². The van der Waals surface area contributed by atoms with Crippen LogP contribution in [0.15, 0.2) is 12.1 Å². The summed E-state index contributed by atoms with van der Waals surface area (Å²) in [5.41, 5.74) is -0.888. The lowest BCUT2D eigenvalue weighted by Crippen LogP contribution is -2.09. The molecule has 0 spiro atoms. The molecule has 0 fully saturated rings. The fourth-order valence-corrected chi connectivity index (χ4v) is 1.87. The number of carbonyl (C=O) groups is 1. The predicted octanol–water partition coefficient (Wildman–Crippen LogP) is 2.89. The molecule has 1 aromatic carbocycles. The van der Waals surface area contributed by atoms with Crippen LogP contribution in [0.5, 0.6) is 0 Å². The summed E-state index contributed by atoms with van der Waals surface area (Å²) in [5, 5.41) is 8.82. The lowest BCUT2D eigenvalue weighted by molar-refractivity contribution is 0.0598. The highest BCUT2D eigenvalue weighted by Crippen LogP contribution is 2.28. The van der Waals surface area contributed by atoms with Gasteiger partial charge in [-0.15, -0.1) is 0 Å². The molecule has 0 atom stereocenters. The number of hydrogen-bond acceptors (Lipinski definition) is 3. The highest BCUT2D eigenvalue weighted by atomic mass is 127. The van der Waals surface area contributed by atoms with Crippen molar-refractivity contribution < 1.29 is 18.3 Å². The fourth-order valence-electron chi connectivity index (χ4n) is 1.20. The Labute approximate surface area is 104 Å². The van der Waals surface area contributed by atoms with Gasteiger partial charge in [0.1, 0.15) is 6.07 Å². The molecule has 3 nitrogen and oxygen atoms in total. The van der Waals surface area contributed by atoms with Gasteiger partial charge in [-0.3, -0.25) is 0 Å². The van der Waals surface area contributed by atoms with Crippen LogP contribution in [0, 0.1) is 14.9 Å². The molecular formula is C10H6F2INO2. The molecule has 0 aliphatic rings. The van der Waals surface area contributed by atoms with Gasteiger partial charge >= 0.3 is 5.97 Å². The van der Waals surface area contributed by atoms with Gasteiger partial charge in [0.2, 0.25) is 0 Å². The van der Waals surface area contributed by atoms with Crippen molar-refractivity contribution in [1.29, 1.82) is 5.26 Å². The summed E-state index contributed by atoms with van der Waals surface area (Å²) >= 11 is 1.79. The zero-order chi connectivity index (χ0) is 12.3. The summed E-state index contributed by atoms with van der Waals surface area (Å²) in [5.74, 6) is -0.788. The Bertz CT molecular complexity index is 469. The standard InChI is InChI=1S/C10H6F2INO2/c1-16-10(15)8-6(4-14)5(9(11)12)2-3-7(8)13/h2-3,9H,1H3.